The maximum atomic E-state index is 10.4. The second-order valence-corrected chi connectivity index (χ2v) is 5.74. The van der Waals surface area contributed by atoms with Crippen molar-refractivity contribution in [2.45, 2.75) is 23.7 Å². The molecule has 1 aromatic carbocycles. The highest BCUT2D eigenvalue weighted by molar-refractivity contribution is 7.99. The van der Waals surface area contributed by atoms with E-state index in [0.717, 1.165) is 23.9 Å². The smallest absolute Gasteiger partial charge is 0.256 e. The van der Waals surface area contributed by atoms with Crippen molar-refractivity contribution in [3.05, 3.63) is 24.3 Å². The summed E-state index contributed by atoms with van der Waals surface area (Å²) in [6.45, 7) is 0.297. The van der Waals surface area contributed by atoms with E-state index in [4.69, 9.17) is 10.2 Å². The molecule has 3 rings (SSSR count). The van der Waals surface area contributed by atoms with E-state index in [0.29, 0.717) is 23.4 Å². The number of aliphatic hydroxyl groups is 1. The van der Waals surface area contributed by atoms with Gasteiger partial charge in [-0.05, 0) is 30.9 Å². The van der Waals surface area contributed by atoms with E-state index < -0.39 is 5.60 Å². The molecule has 2 aromatic rings. The molecule has 4 nitrogen and oxygen atoms in total. The molecule has 18 heavy (non-hydrogen) atoms. The molecule has 1 fully saturated rings. The summed E-state index contributed by atoms with van der Waals surface area (Å²) >= 11 is 1.44. The molecule has 0 radical (unpaired) electrons. The van der Waals surface area contributed by atoms with E-state index in [1.807, 2.05) is 24.3 Å². The predicted octanol–water partition coefficient (Wildman–Crippen LogP) is 2.02. The third-order valence-corrected chi connectivity index (χ3v) is 4.48. The van der Waals surface area contributed by atoms with Crippen LogP contribution < -0.4 is 5.73 Å². The molecule has 1 unspecified atom stereocenters. The topological polar surface area (TPSA) is 72.3 Å². The molecule has 0 saturated heterocycles. The molecule has 0 spiro atoms. The second kappa shape index (κ2) is 4.57. The average molecular weight is 264 g/mol. The first-order valence-electron chi connectivity index (χ1n) is 6.12. The largest absolute Gasteiger partial charge is 0.431 e. The summed E-state index contributed by atoms with van der Waals surface area (Å²) < 4.78 is 5.61. The van der Waals surface area contributed by atoms with Gasteiger partial charge in [0.2, 0.25) is 0 Å². The maximum absolute atomic E-state index is 10.4. The van der Waals surface area contributed by atoms with Gasteiger partial charge in [-0.1, -0.05) is 23.9 Å². The van der Waals surface area contributed by atoms with Crippen molar-refractivity contribution in [1.29, 1.82) is 0 Å². The third kappa shape index (κ3) is 2.25. The molecule has 0 aliphatic heterocycles. The van der Waals surface area contributed by atoms with Crippen molar-refractivity contribution in [2.75, 3.05) is 12.3 Å². The summed E-state index contributed by atoms with van der Waals surface area (Å²) in [5.41, 5.74) is 6.53. The molecule has 1 aliphatic rings. The molecule has 0 bridgehead atoms. The summed E-state index contributed by atoms with van der Waals surface area (Å²) in [4.78, 5) is 4.37. The van der Waals surface area contributed by atoms with Gasteiger partial charge in [-0.15, -0.1) is 0 Å². The zero-order chi connectivity index (χ0) is 12.6. The number of nitrogens with zero attached hydrogens (tertiary/aromatic N) is 1. The molecule has 1 aromatic heterocycles. The van der Waals surface area contributed by atoms with Gasteiger partial charge in [0.25, 0.3) is 5.22 Å². The minimum absolute atomic E-state index is 0.297. The fourth-order valence-corrected chi connectivity index (χ4v) is 3.10. The van der Waals surface area contributed by atoms with Gasteiger partial charge in [-0.2, -0.15) is 0 Å². The molecule has 0 amide bonds. The lowest BCUT2D eigenvalue weighted by Gasteiger charge is -2.25. The number of hydrogen-bond acceptors (Lipinski definition) is 5. The fraction of sp³-hybridized carbons (Fsp3) is 0.462. The minimum Gasteiger partial charge on any atom is -0.431 e. The molecule has 1 saturated carbocycles. The molecule has 3 N–H and O–H groups in total. The first-order valence-corrected chi connectivity index (χ1v) is 7.11. The average Bonchev–Trinajstić information content (AvgIpc) is 3.16. The van der Waals surface area contributed by atoms with Crippen molar-refractivity contribution < 1.29 is 9.52 Å². The Kier molecular flexibility index (Phi) is 3.05. The number of rotatable bonds is 5. The monoisotopic (exact) mass is 264 g/mol. The zero-order valence-corrected chi connectivity index (χ0v) is 10.8. The maximum Gasteiger partial charge on any atom is 0.256 e. The van der Waals surface area contributed by atoms with Crippen LogP contribution in [0.4, 0.5) is 0 Å². The first-order chi connectivity index (χ1) is 8.71. The van der Waals surface area contributed by atoms with Gasteiger partial charge in [0.1, 0.15) is 5.52 Å². The number of fused-ring (bicyclic) bond motifs is 1. The highest BCUT2D eigenvalue weighted by Crippen LogP contribution is 2.41. The molecule has 1 aliphatic carbocycles. The van der Waals surface area contributed by atoms with Crippen molar-refractivity contribution in [3.63, 3.8) is 0 Å². The van der Waals surface area contributed by atoms with Crippen molar-refractivity contribution >= 4 is 22.9 Å². The van der Waals surface area contributed by atoms with Crippen molar-refractivity contribution in [1.82, 2.24) is 4.98 Å². The molecule has 5 heteroatoms. The van der Waals surface area contributed by atoms with Crippen LogP contribution in [0.5, 0.6) is 0 Å². The van der Waals surface area contributed by atoms with Crippen molar-refractivity contribution in [3.8, 4) is 0 Å². The van der Waals surface area contributed by atoms with Crippen LogP contribution in [-0.4, -0.2) is 28.0 Å². The summed E-state index contributed by atoms with van der Waals surface area (Å²) in [5, 5.41) is 11.0. The lowest BCUT2D eigenvalue weighted by atomic mass is 10.0. The highest BCUT2D eigenvalue weighted by atomic mass is 32.2. The van der Waals surface area contributed by atoms with E-state index in [2.05, 4.69) is 4.98 Å². The van der Waals surface area contributed by atoms with E-state index >= 15 is 0 Å². The zero-order valence-electron chi connectivity index (χ0n) is 10.0. The van der Waals surface area contributed by atoms with Crippen LogP contribution in [-0.2, 0) is 0 Å². The van der Waals surface area contributed by atoms with Gasteiger partial charge in [0, 0.05) is 12.3 Å². The van der Waals surface area contributed by atoms with Crippen molar-refractivity contribution in [2.24, 2.45) is 11.7 Å². The molecule has 96 valence electrons. The van der Waals surface area contributed by atoms with Gasteiger partial charge in [-0.25, -0.2) is 4.98 Å². The summed E-state index contributed by atoms with van der Waals surface area (Å²) in [7, 11) is 0. The number of para-hydroxylation sites is 2. The Balaban J connectivity index is 1.72. The molecular weight excluding hydrogens is 248 g/mol. The van der Waals surface area contributed by atoms with Crippen LogP contribution >= 0.6 is 11.8 Å². The third-order valence-electron chi connectivity index (χ3n) is 3.41. The van der Waals surface area contributed by atoms with E-state index in [9.17, 15) is 5.11 Å². The summed E-state index contributed by atoms with van der Waals surface area (Å²) in [6.07, 6.45) is 2.14. The summed E-state index contributed by atoms with van der Waals surface area (Å²) in [6, 6.07) is 7.66. The van der Waals surface area contributed by atoms with Crippen LogP contribution in [0, 0.1) is 5.92 Å². The van der Waals surface area contributed by atoms with E-state index in [1.165, 1.54) is 11.8 Å². The van der Waals surface area contributed by atoms with Crippen LogP contribution in [0.2, 0.25) is 0 Å². The van der Waals surface area contributed by atoms with E-state index in [-0.39, 0.29) is 0 Å². The minimum atomic E-state index is -0.772. The van der Waals surface area contributed by atoms with Crippen LogP contribution in [0.25, 0.3) is 11.1 Å². The van der Waals surface area contributed by atoms with Gasteiger partial charge >= 0.3 is 0 Å². The van der Waals surface area contributed by atoms with Crippen LogP contribution in [0.1, 0.15) is 12.8 Å². The lowest BCUT2D eigenvalue weighted by molar-refractivity contribution is 0.0508. The first kappa shape index (κ1) is 12.0. The van der Waals surface area contributed by atoms with Gasteiger partial charge in [-0.3, -0.25) is 0 Å². The number of aromatic nitrogens is 1. The Bertz CT molecular complexity index is 520. The Hall–Kier alpha value is -1.04. The Labute approximate surface area is 110 Å². The number of thioether (sulfide) groups is 1. The lowest BCUT2D eigenvalue weighted by Crippen LogP contribution is -2.42. The Morgan fingerprint density at radius 2 is 2.22 bits per heavy atom. The molecule has 1 heterocycles. The predicted molar refractivity (Wildman–Crippen MR) is 71.5 cm³/mol. The SMILES string of the molecule is NCC(O)(CSc1nc2ccccc2o1)C1CC1. The fourth-order valence-electron chi connectivity index (χ4n) is 2.06. The van der Waals surface area contributed by atoms with Gasteiger partial charge in [0.05, 0.1) is 5.60 Å². The van der Waals surface area contributed by atoms with Gasteiger partial charge < -0.3 is 15.3 Å². The molecule has 1 atom stereocenters. The Morgan fingerprint density at radius 1 is 1.44 bits per heavy atom. The second-order valence-electron chi connectivity index (χ2n) is 4.82. The van der Waals surface area contributed by atoms with E-state index in [1.54, 1.807) is 0 Å². The summed E-state index contributed by atoms with van der Waals surface area (Å²) in [5.74, 6) is 0.889. The number of hydrogen-bond donors (Lipinski definition) is 2. The molecular formula is C13H16N2O2S. The number of benzene rings is 1. The number of oxazole rings is 1. The normalized spacial score (nSPS) is 19.0. The quantitative estimate of drug-likeness (QED) is 0.808. The van der Waals surface area contributed by atoms with Gasteiger partial charge in [0.15, 0.2) is 5.58 Å². The number of nitrogens with two attached hydrogens (primary N) is 1. The standard InChI is InChI=1S/C13H16N2O2S/c14-7-13(16,9-5-6-9)8-18-12-15-10-3-1-2-4-11(10)17-12/h1-4,9,16H,5-8,14H2. The Morgan fingerprint density at radius 3 is 2.89 bits per heavy atom. The van der Waals surface area contributed by atoms with Crippen LogP contribution in [0.15, 0.2) is 33.9 Å². The highest BCUT2D eigenvalue weighted by Gasteiger charge is 2.42. The van der Waals surface area contributed by atoms with Crippen LogP contribution in [0.3, 0.4) is 0 Å².